The van der Waals surface area contributed by atoms with Gasteiger partial charge >= 0.3 is 0 Å². The zero-order valence-electron chi connectivity index (χ0n) is 7.04. The second-order valence-corrected chi connectivity index (χ2v) is 2.75. The van der Waals surface area contributed by atoms with E-state index >= 15 is 0 Å². The molecule has 0 fully saturated rings. The third-order valence-electron chi connectivity index (χ3n) is 1.47. The molecule has 0 aliphatic carbocycles. The van der Waals surface area contributed by atoms with Crippen LogP contribution >= 0.6 is 11.6 Å². The predicted octanol–water partition coefficient (Wildman–Crippen LogP) is 2.32. The number of phenolic OH excluding ortho intramolecular Hbond substituents is 1. The first-order valence-corrected chi connectivity index (χ1v) is 4.12. The molecule has 0 unspecified atom stereocenters. The van der Waals surface area contributed by atoms with Crippen LogP contribution in [-0.4, -0.2) is 11.7 Å². The highest BCUT2D eigenvalue weighted by molar-refractivity contribution is 6.31. The van der Waals surface area contributed by atoms with Gasteiger partial charge < -0.3 is 9.84 Å². The maximum Gasteiger partial charge on any atom is 0.162 e. The number of phenols is 1. The van der Waals surface area contributed by atoms with Crippen LogP contribution in [0.1, 0.15) is 12.5 Å². The second kappa shape index (κ2) is 4.01. The number of aromatic hydroxyl groups is 1. The van der Waals surface area contributed by atoms with E-state index < -0.39 is 0 Å². The first-order valence-electron chi connectivity index (χ1n) is 3.74. The van der Waals surface area contributed by atoms with E-state index in [1.54, 1.807) is 6.92 Å². The molecular formula is C9H8ClNO2. The van der Waals surface area contributed by atoms with Crippen molar-refractivity contribution in [2.45, 2.75) is 6.92 Å². The normalized spacial score (nSPS) is 9.31. The zero-order chi connectivity index (χ0) is 9.84. The van der Waals surface area contributed by atoms with Crippen LogP contribution in [0, 0.1) is 11.3 Å². The van der Waals surface area contributed by atoms with Gasteiger partial charge in [-0.1, -0.05) is 11.6 Å². The number of ether oxygens (including phenoxy) is 1. The second-order valence-electron chi connectivity index (χ2n) is 2.34. The van der Waals surface area contributed by atoms with Crippen molar-refractivity contribution < 1.29 is 9.84 Å². The topological polar surface area (TPSA) is 53.2 Å². The van der Waals surface area contributed by atoms with Crippen molar-refractivity contribution in [2.75, 3.05) is 6.61 Å². The van der Waals surface area contributed by atoms with Crippen molar-refractivity contribution in [3.63, 3.8) is 0 Å². The van der Waals surface area contributed by atoms with Gasteiger partial charge in [-0.25, -0.2) is 0 Å². The summed E-state index contributed by atoms with van der Waals surface area (Å²) in [5, 5.41) is 18.2. The Morgan fingerprint density at radius 1 is 1.62 bits per heavy atom. The van der Waals surface area contributed by atoms with Crippen LogP contribution in [0.5, 0.6) is 11.5 Å². The van der Waals surface area contributed by atoms with Crippen LogP contribution in [-0.2, 0) is 0 Å². The number of nitriles is 1. The molecule has 0 aliphatic heterocycles. The van der Waals surface area contributed by atoms with Crippen molar-refractivity contribution in [1.29, 1.82) is 5.26 Å². The molecule has 0 atom stereocenters. The van der Waals surface area contributed by atoms with Crippen LogP contribution in [0.25, 0.3) is 0 Å². The van der Waals surface area contributed by atoms with E-state index in [0.29, 0.717) is 12.2 Å². The molecule has 0 heterocycles. The fourth-order valence-electron chi connectivity index (χ4n) is 0.900. The minimum absolute atomic E-state index is 0.0501. The lowest BCUT2D eigenvalue weighted by molar-refractivity contribution is 0.318. The molecule has 0 aliphatic rings. The molecule has 1 aromatic carbocycles. The molecule has 68 valence electrons. The average Bonchev–Trinajstić information content (AvgIpc) is 2.10. The monoisotopic (exact) mass is 197 g/mol. The van der Waals surface area contributed by atoms with Gasteiger partial charge in [0.25, 0.3) is 0 Å². The van der Waals surface area contributed by atoms with Gasteiger partial charge in [0.2, 0.25) is 0 Å². The van der Waals surface area contributed by atoms with E-state index in [0.717, 1.165) is 0 Å². The molecule has 1 rings (SSSR count). The van der Waals surface area contributed by atoms with Crippen molar-refractivity contribution >= 4 is 11.6 Å². The number of rotatable bonds is 2. The summed E-state index contributed by atoms with van der Waals surface area (Å²) in [6, 6.07) is 4.61. The summed E-state index contributed by atoms with van der Waals surface area (Å²) >= 11 is 5.66. The maximum atomic E-state index is 9.32. The molecule has 0 saturated heterocycles. The highest BCUT2D eigenvalue weighted by Gasteiger charge is 2.07. The molecule has 1 aromatic rings. The summed E-state index contributed by atoms with van der Waals surface area (Å²) in [5.74, 6) is 0.231. The van der Waals surface area contributed by atoms with Gasteiger partial charge in [0.1, 0.15) is 6.07 Å². The van der Waals surface area contributed by atoms with Crippen LogP contribution in [0.15, 0.2) is 12.1 Å². The Kier molecular flexibility index (Phi) is 2.99. The summed E-state index contributed by atoms with van der Waals surface area (Å²) in [6.45, 7) is 2.22. The number of hydrogen-bond acceptors (Lipinski definition) is 3. The first kappa shape index (κ1) is 9.69. The predicted molar refractivity (Wildman–Crippen MR) is 49.0 cm³/mol. The molecule has 0 bridgehead atoms. The Morgan fingerprint density at radius 3 is 2.85 bits per heavy atom. The quantitative estimate of drug-likeness (QED) is 0.792. The lowest BCUT2D eigenvalue weighted by Crippen LogP contribution is -1.92. The number of nitrogens with zero attached hydrogens (tertiary/aromatic N) is 1. The molecule has 1 N–H and O–H groups in total. The van der Waals surface area contributed by atoms with Gasteiger partial charge in [0.15, 0.2) is 11.5 Å². The van der Waals surface area contributed by atoms with Crippen molar-refractivity contribution in [3.05, 3.63) is 22.7 Å². The molecule has 4 heteroatoms. The van der Waals surface area contributed by atoms with Crippen LogP contribution in [0.3, 0.4) is 0 Å². The minimum Gasteiger partial charge on any atom is -0.504 e. The summed E-state index contributed by atoms with van der Waals surface area (Å²) in [4.78, 5) is 0. The minimum atomic E-state index is -0.0501. The first-order chi connectivity index (χ1) is 6.19. The van der Waals surface area contributed by atoms with Crippen molar-refractivity contribution in [3.8, 4) is 17.6 Å². The Labute approximate surface area is 81.1 Å². The summed E-state index contributed by atoms with van der Waals surface area (Å²) in [7, 11) is 0. The van der Waals surface area contributed by atoms with Crippen molar-refractivity contribution in [1.82, 2.24) is 0 Å². The van der Waals surface area contributed by atoms with E-state index in [-0.39, 0.29) is 16.5 Å². The number of hydrogen-bond donors (Lipinski definition) is 1. The van der Waals surface area contributed by atoms with E-state index in [1.807, 2.05) is 6.07 Å². The lowest BCUT2D eigenvalue weighted by Gasteiger charge is -2.06. The smallest absolute Gasteiger partial charge is 0.162 e. The van der Waals surface area contributed by atoms with Crippen molar-refractivity contribution in [2.24, 2.45) is 0 Å². The lowest BCUT2D eigenvalue weighted by atomic mass is 10.2. The summed E-state index contributed by atoms with van der Waals surface area (Å²) in [6.07, 6.45) is 0. The number of halogens is 1. The summed E-state index contributed by atoms with van der Waals surface area (Å²) in [5.41, 5.74) is 0.294. The Bertz CT molecular complexity index is 357. The Hall–Kier alpha value is -1.40. The standard InChI is InChI=1S/C9H8ClNO2/c1-2-13-9-3-6(5-11)7(10)4-8(9)12/h3-4,12H,2H2,1H3. The van der Waals surface area contributed by atoms with E-state index in [1.165, 1.54) is 12.1 Å². The summed E-state index contributed by atoms with van der Waals surface area (Å²) < 4.78 is 5.07. The molecule has 0 spiro atoms. The van der Waals surface area contributed by atoms with Gasteiger partial charge in [0.05, 0.1) is 17.2 Å². The highest BCUT2D eigenvalue weighted by Crippen LogP contribution is 2.31. The maximum absolute atomic E-state index is 9.32. The fourth-order valence-corrected chi connectivity index (χ4v) is 1.10. The van der Waals surface area contributed by atoms with E-state index in [2.05, 4.69) is 0 Å². The third-order valence-corrected chi connectivity index (χ3v) is 1.78. The van der Waals surface area contributed by atoms with Gasteiger partial charge in [-0.2, -0.15) is 5.26 Å². The Balaban J connectivity index is 3.16. The van der Waals surface area contributed by atoms with Gasteiger partial charge in [-0.15, -0.1) is 0 Å². The van der Waals surface area contributed by atoms with Gasteiger partial charge in [-0.3, -0.25) is 0 Å². The molecule has 0 amide bonds. The van der Waals surface area contributed by atoms with Crippen LogP contribution in [0.4, 0.5) is 0 Å². The van der Waals surface area contributed by atoms with Crippen LogP contribution in [0.2, 0.25) is 5.02 Å². The SMILES string of the molecule is CCOc1cc(C#N)c(Cl)cc1O. The molecule has 0 saturated carbocycles. The molecule has 0 aromatic heterocycles. The van der Waals surface area contributed by atoms with Gasteiger partial charge in [-0.05, 0) is 6.92 Å². The largest absolute Gasteiger partial charge is 0.504 e. The van der Waals surface area contributed by atoms with Crippen LogP contribution < -0.4 is 4.74 Å². The molecule has 13 heavy (non-hydrogen) atoms. The molecule has 3 nitrogen and oxygen atoms in total. The Morgan fingerprint density at radius 2 is 2.31 bits per heavy atom. The third kappa shape index (κ3) is 2.04. The van der Waals surface area contributed by atoms with E-state index in [4.69, 9.17) is 21.6 Å². The zero-order valence-corrected chi connectivity index (χ0v) is 7.80. The molecule has 0 radical (unpaired) electrons. The average molecular weight is 198 g/mol. The highest BCUT2D eigenvalue weighted by atomic mass is 35.5. The van der Waals surface area contributed by atoms with E-state index in [9.17, 15) is 5.11 Å². The molecular weight excluding hydrogens is 190 g/mol. The fraction of sp³-hybridized carbons (Fsp3) is 0.222. The van der Waals surface area contributed by atoms with Gasteiger partial charge in [0, 0.05) is 12.1 Å². The number of benzene rings is 1.